The van der Waals surface area contributed by atoms with Gasteiger partial charge in [-0.2, -0.15) is 13.7 Å². The number of nitro benzene ring substituents is 1. The van der Waals surface area contributed by atoms with Crippen molar-refractivity contribution in [1.29, 1.82) is 5.26 Å². The average molecular weight is 382 g/mol. The lowest BCUT2D eigenvalue weighted by Gasteiger charge is -2.12. The smallest absolute Gasteiger partial charge is 0.357 e. The fraction of sp³-hybridized carbons (Fsp3) is 0.0769. The second-order valence-electron chi connectivity index (χ2n) is 4.82. The molecule has 0 atom stereocenters. The minimum absolute atomic E-state index is 0.232. The van der Waals surface area contributed by atoms with Crippen LogP contribution in [-0.2, 0) is 14.9 Å². The van der Waals surface area contributed by atoms with Gasteiger partial charge >= 0.3 is 5.97 Å². The van der Waals surface area contributed by atoms with Crippen LogP contribution in [0.2, 0.25) is 0 Å². The maximum Gasteiger partial charge on any atom is 0.357 e. The quantitative estimate of drug-likeness (QED) is 0.291. The van der Waals surface area contributed by atoms with E-state index in [4.69, 9.17) is 11.0 Å². The molecular formula is C13H10N4O8S. The Morgan fingerprint density at radius 2 is 2.08 bits per heavy atom. The molecule has 13 heteroatoms. The molecule has 0 saturated heterocycles. The SMILES string of the molecule is COC(=O)c1c(N)c(C#N)cn1-c1cc([N+](=O)[O-])cc(S(=O)(=O)O)c1O. The summed E-state index contributed by atoms with van der Waals surface area (Å²) in [4.78, 5) is 20.9. The Morgan fingerprint density at radius 1 is 1.46 bits per heavy atom. The lowest BCUT2D eigenvalue weighted by atomic mass is 10.2. The van der Waals surface area contributed by atoms with Crippen LogP contribution in [0.4, 0.5) is 11.4 Å². The van der Waals surface area contributed by atoms with Gasteiger partial charge in [0.05, 0.1) is 29.0 Å². The molecule has 12 nitrogen and oxygen atoms in total. The molecule has 136 valence electrons. The van der Waals surface area contributed by atoms with Crippen LogP contribution in [0.25, 0.3) is 5.69 Å². The van der Waals surface area contributed by atoms with Crippen molar-refractivity contribution in [2.45, 2.75) is 4.90 Å². The number of non-ortho nitro benzene ring substituents is 1. The monoisotopic (exact) mass is 382 g/mol. The Balaban J connectivity index is 2.98. The molecule has 0 bridgehead atoms. The van der Waals surface area contributed by atoms with Crippen LogP contribution in [0.1, 0.15) is 16.1 Å². The van der Waals surface area contributed by atoms with Crippen molar-refractivity contribution >= 4 is 27.5 Å². The van der Waals surface area contributed by atoms with E-state index in [2.05, 4.69) is 4.74 Å². The molecule has 0 aliphatic rings. The van der Waals surface area contributed by atoms with Gasteiger partial charge in [0.25, 0.3) is 15.8 Å². The van der Waals surface area contributed by atoms with Gasteiger partial charge in [0.2, 0.25) is 0 Å². The van der Waals surface area contributed by atoms with Gasteiger partial charge < -0.3 is 20.1 Å². The summed E-state index contributed by atoms with van der Waals surface area (Å²) in [5, 5.41) is 30.3. The fourth-order valence-corrected chi connectivity index (χ4v) is 2.79. The summed E-state index contributed by atoms with van der Waals surface area (Å²) in [6.45, 7) is 0. The lowest BCUT2D eigenvalue weighted by molar-refractivity contribution is -0.385. The average Bonchev–Trinajstić information content (AvgIpc) is 2.89. The van der Waals surface area contributed by atoms with Crippen molar-refractivity contribution < 1.29 is 32.5 Å². The largest absolute Gasteiger partial charge is 0.504 e. The molecule has 0 radical (unpaired) electrons. The molecular weight excluding hydrogens is 372 g/mol. The Hall–Kier alpha value is -3.63. The highest BCUT2D eigenvalue weighted by atomic mass is 32.2. The molecule has 0 saturated carbocycles. The van der Waals surface area contributed by atoms with Gasteiger partial charge in [0, 0.05) is 18.3 Å². The van der Waals surface area contributed by atoms with E-state index in [0.717, 1.165) is 23.9 Å². The van der Waals surface area contributed by atoms with Gasteiger partial charge in [0.1, 0.15) is 11.0 Å². The zero-order valence-corrected chi connectivity index (χ0v) is 13.7. The number of carbonyl (C=O) groups excluding carboxylic acids is 1. The van der Waals surface area contributed by atoms with Crippen molar-refractivity contribution in [3.05, 3.63) is 39.7 Å². The third-order valence-electron chi connectivity index (χ3n) is 3.33. The number of nitrogen functional groups attached to an aromatic ring is 1. The number of esters is 1. The number of nitrogens with zero attached hydrogens (tertiary/aromatic N) is 3. The number of hydrogen-bond acceptors (Lipinski definition) is 9. The Labute approximate surface area is 145 Å². The van der Waals surface area contributed by atoms with Crippen LogP contribution in [0.15, 0.2) is 23.2 Å². The van der Waals surface area contributed by atoms with Crippen LogP contribution in [0, 0.1) is 21.4 Å². The highest BCUT2D eigenvalue weighted by molar-refractivity contribution is 7.86. The topological polar surface area (TPSA) is 199 Å². The van der Waals surface area contributed by atoms with E-state index in [1.165, 1.54) is 0 Å². The van der Waals surface area contributed by atoms with Gasteiger partial charge in [-0.25, -0.2) is 4.79 Å². The van der Waals surface area contributed by atoms with Crippen molar-refractivity contribution in [3.63, 3.8) is 0 Å². The van der Waals surface area contributed by atoms with Crippen LogP contribution in [-0.4, -0.2) is 40.6 Å². The number of rotatable bonds is 4. The maximum atomic E-state index is 12.0. The van der Waals surface area contributed by atoms with E-state index in [-0.39, 0.29) is 11.3 Å². The van der Waals surface area contributed by atoms with Crippen molar-refractivity contribution in [1.82, 2.24) is 4.57 Å². The number of aromatic hydroxyl groups is 1. The van der Waals surface area contributed by atoms with E-state index in [9.17, 15) is 33.0 Å². The zero-order valence-electron chi connectivity index (χ0n) is 12.9. The predicted molar refractivity (Wildman–Crippen MR) is 84.4 cm³/mol. The van der Waals surface area contributed by atoms with E-state index in [1.54, 1.807) is 6.07 Å². The maximum absolute atomic E-state index is 12.0. The minimum Gasteiger partial charge on any atom is -0.504 e. The number of aromatic nitrogens is 1. The molecule has 0 unspecified atom stereocenters. The lowest BCUT2D eigenvalue weighted by Crippen LogP contribution is -2.12. The first kappa shape index (κ1) is 18.7. The summed E-state index contributed by atoms with van der Waals surface area (Å²) in [6, 6.07) is 2.84. The van der Waals surface area contributed by atoms with E-state index in [1.807, 2.05) is 0 Å². The van der Waals surface area contributed by atoms with Gasteiger partial charge in [-0.15, -0.1) is 0 Å². The second-order valence-corrected chi connectivity index (χ2v) is 6.21. The van der Waals surface area contributed by atoms with Crippen LogP contribution in [0.5, 0.6) is 5.75 Å². The number of nitro groups is 1. The number of anilines is 1. The first-order valence-corrected chi connectivity index (χ1v) is 7.95. The van der Waals surface area contributed by atoms with E-state index < -0.39 is 48.7 Å². The summed E-state index contributed by atoms with van der Waals surface area (Å²) < 4.78 is 37.3. The molecule has 1 aromatic carbocycles. The zero-order chi connectivity index (χ0) is 19.8. The number of ether oxygens (including phenoxy) is 1. The van der Waals surface area contributed by atoms with Crippen LogP contribution >= 0.6 is 0 Å². The molecule has 0 aliphatic carbocycles. The molecule has 0 aliphatic heterocycles. The Morgan fingerprint density at radius 3 is 2.54 bits per heavy atom. The van der Waals surface area contributed by atoms with Crippen LogP contribution < -0.4 is 5.73 Å². The van der Waals surface area contributed by atoms with Crippen molar-refractivity contribution in [2.24, 2.45) is 0 Å². The highest BCUT2D eigenvalue weighted by Crippen LogP contribution is 2.37. The third-order valence-corrected chi connectivity index (χ3v) is 4.20. The summed E-state index contributed by atoms with van der Waals surface area (Å²) >= 11 is 0. The summed E-state index contributed by atoms with van der Waals surface area (Å²) in [5.74, 6) is -2.15. The van der Waals surface area contributed by atoms with Crippen molar-refractivity contribution in [3.8, 4) is 17.5 Å². The molecule has 0 spiro atoms. The summed E-state index contributed by atoms with van der Waals surface area (Å²) in [7, 11) is -4.05. The van der Waals surface area contributed by atoms with Gasteiger partial charge in [-0.3, -0.25) is 14.7 Å². The number of nitriles is 1. The summed E-state index contributed by atoms with van der Waals surface area (Å²) in [6.07, 6.45) is 0.953. The highest BCUT2D eigenvalue weighted by Gasteiger charge is 2.29. The Kier molecular flexibility index (Phi) is 4.57. The van der Waals surface area contributed by atoms with Gasteiger partial charge in [-0.1, -0.05) is 0 Å². The standard InChI is InChI=1S/C13H10N4O8S/c1-25-13(19)11-10(15)6(4-14)5-16(11)8-2-7(17(20)21)3-9(12(8)18)26(22,23)24/h2-3,5,18H,15H2,1H3,(H,22,23,24). The molecule has 1 aromatic heterocycles. The molecule has 2 aromatic rings. The van der Waals surface area contributed by atoms with Gasteiger partial charge in [-0.05, 0) is 0 Å². The second kappa shape index (κ2) is 6.35. The normalized spacial score (nSPS) is 11.0. The molecule has 26 heavy (non-hydrogen) atoms. The molecule has 0 fully saturated rings. The first-order valence-electron chi connectivity index (χ1n) is 6.51. The number of benzene rings is 1. The fourth-order valence-electron chi connectivity index (χ4n) is 2.17. The molecule has 4 N–H and O–H groups in total. The third kappa shape index (κ3) is 3.01. The first-order chi connectivity index (χ1) is 12.0. The number of hydrogen-bond donors (Lipinski definition) is 3. The predicted octanol–water partition coefficient (Wildman–Crippen LogP) is 0.578. The van der Waals surface area contributed by atoms with Gasteiger partial charge in [0.15, 0.2) is 11.4 Å². The van der Waals surface area contributed by atoms with Crippen molar-refractivity contribution in [2.75, 3.05) is 12.8 Å². The summed E-state index contributed by atoms with van der Waals surface area (Å²) in [5.41, 5.74) is 3.23. The Bertz CT molecular complexity index is 1080. The molecule has 0 amide bonds. The number of methoxy groups -OCH3 is 1. The number of carbonyl (C=O) groups is 1. The molecule has 2 rings (SSSR count). The number of phenolic OH excluding ortho intramolecular Hbond substituents is 1. The number of nitrogens with two attached hydrogens (primary N) is 1. The molecule has 1 heterocycles. The van der Waals surface area contributed by atoms with E-state index >= 15 is 0 Å². The van der Waals surface area contributed by atoms with Crippen LogP contribution in [0.3, 0.4) is 0 Å². The van der Waals surface area contributed by atoms with E-state index in [0.29, 0.717) is 6.07 Å². The number of phenols is 1. The minimum atomic E-state index is -5.05.